The number of aromatic nitrogens is 10. The number of furan rings is 5. The van der Waals surface area contributed by atoms with Crippen LogP contribution in [0.2, 0.25) is 0 Å². The van der Waals surface area contributed by atoms with Gasteiger partial charge in [0, 0.05) is 96.9 Å². The van der Waals surface area contributed by atoms with Crippen molar-refractivity contribution in [2.24, 2.45) is 35.2 Å². The molecule has 0 aliphatic rings. The lowest BCUT2D eigenvalue weighted by Gasteiger charge is -2.07. The Morgan fingerprint density at radius 1 is 0.269 bits per heavy atom. The van der Waals surface area contributed by atoms with Gasteiger partial charge < -0.3 is 22.1 Å². The van der Waals surface area contributed by atoms with Crippen molar-refractivity contribution in [3.63, 3.8) is 0 Å². The van der Waals surface area contributed by atoms with Gasteiger partial charge in [-0.3, -0.25) is 4.98 Å². The van der Waals surface area contributed by atoms with Crippen LogP contribution in [0.4, 0.5) is 0 Å². The first-order valence-corrected chi connectivity index (χ1v) is 43.2. The Morgan fingerprint density at radius 2 is 0.654 bits per heavy atom. The van der Waals surface area contributed by atoms with Gasteiger partial charge in [0.25, 0.3) is 0 Å². The monoisotopic (exact) mass is 1700 g/mol. The second-order valence-corrected chi connectivity index (χ2v) is 33.9. The Hall–Kier alpha value is -16.0. The average Bonchev–Trinajstić information content (AvgIpc) is 1.58. The SMILES string of the molecule is Cc1cc2c(oc3cc4ccccc4cc32)c(-c2nccc[n+]2C)c1C.Cc1cc[n+](C)c(-c2c(C)ccc3c2oc2cc4ccccc4cc23)n1.[2H]C([2H])([2H])c1cc(C)c(-c2cncc[n+]2C)c2oc3cc4ccccc4cc3c12.[2H]C([2H])([2H])c1cc(C)c(-c2nccc[n+]2C)c2oc3cc4ccccc4cc3c12.[2H]C([2H])([2H])c1cnc(-c2c(C)ccc3c2oc2cc4ccccc4cc23)[n+](C)c1. The summed E-state index contributed by atoms with van der Waals surface area (Å²) in [5.74, 6) is 3.25. The topological polar surface area (TPSA) is 150 Å². The van der Waals surface area contributed by atoms with Crippen molar-refractivity contribution >= 4 is 164 Å². The fourth-order valence-electron chi connectivity index (χ4n) is 18.6. The standard InChI is InChI=1S/5C23H19N2O/c1-14-11-19-18-12-16-7-4-5-8-17(16)13-20(18)26-22(19)21(15(14)2)23-24-9-6-10-25(23)3;1-14-11-15(2)21(23-24-9-6-10-25(23)3)22-20(14)18-12-16-7-4-5-8-17(16)13-19(18)26-22;1-14-12-24-23(25(3)13-14)21-15(2)8-9-18-19-10-16-6-4-5-7-17(16)11-20(19)26-22(18)21;1-14-10-15(2)22(19-13-24-8-9-25(19)3)23-21(14)18-11-16-6-4-5-7-17(16)12-20(18)26-23;1-14-8-9-18-19-12-16-6-4-5-7-17(16)13-20(19)26-22(18)21(14)23-24-15(2)10-11-25(23)3/h5*4-13H,1-3H3/q5*+1/i;3*1D3;. The summed E-state index contributed by atoms with van der Waals surface area (Å²) in [5.41, 5.74) is 21.4. The normalized spacial score (nSPS) is 13.0. The second kappa shape index (κ2) is 32.5. The van der Waals surface area contributed by atoms with Crippen LogP contribution >= 0.6 is 0 Å². The van der Waals surface area contributed by atoms with Gasteiger partial charge in [-0.25, -0.2) is 18.3 Å². The fraction of sp³-hybridized carbons (Fsp3) is 0.130. The molecule has 25 rings (SSSR count). The molecule has 0 saturated heterocycles. The molecule has 0 saturated carbocycles. The van der Waals surface area contributed by atoms with Gasteiger partial charge in [-0.05, 0) is 247 Å². The molecule has 0 aliphatic heterocycles. The average molecular weight is 1710 g/mol. The molecule has 0 amide bonds. The molecule has 25 aromatic rings. The summed E-state index contributed by atoms with van der Waals surface area (Å²) in [6, 6.07) is 82.0. The maximum atomic E-state index is 8.12. The zero-order valence-electron chi connectivity index (χ0n) is 82.9. The lowest BCUT2D eigenvalue weighted by molar-refractivity contribution is -0.663. The molecule has 15 nitrogen and oxygen atoms in total. The van der Waals surface area contributed by atoms with Crippen molar-refractivity contribution in [3.05, 3.63) is 360 Å². The number of fused-ring (bicyclic) bond motifs is 20. The quantitative estimate of drug-likeness (QED) is 0.152. The van der Waals surface area contributed by atoms with Gasteiger partial charge in [-0.2, -0.15) is 4.57 Å². The van der Waals surface area contributed by atoms with E-state index in [2.05, 4.69) is 173 Å². The van der Waals surface area contributed by atoms with Gasteiger partial charge in [0.05, 0.1) is 70.9 Å². The number of aryl methyl sites for hydroxylation is 14. The third kappa shape index (κ3) is 14.2. The van der Waals surface area contributed by atoms with Crippen molar-refractivity contribution in [1.29, 1.82) is 0 Å². The molecular weight excluding hydrogens is 1600 g/mol. The van der Waals surface area contributed by atoms with Crippen LogP contribution in [0, 0.1) is 69.0 Å². The Kier molecular flexibility index (Phi) is 17.8. The molecule has 0 bridgehead atoms. The Labute approximate surface area is 763 Å². The van der Waals surface area contributed by atoms with Gasteiger partial charge in [0.15, 0.2) is 34.2 Å². The van der Waals surface area contributed by atoms with E-state index in [4.69, 9.17) is 39.4 Å². The van der Waals surface area contributed by atoms with Gasteiger partial charge >= 0.3 is 23.3 Å². The maximum absolute atomic E-state index is 8.12. The first-order valence-electron chi connectivity index (χ1n) is 47.7. The molecule has 0 unspecified atom stereocenters. The molecule has 0 atom stereocenters. The summed E-state index contributed by atoms with van der Waals surface area (Å²) in [5, 5.41) is 20.9. The highest BCUT2D eigenvalue weighted by Crippen LogP contribution is 2.46. The van der Waals surface area contributed by atoms with Crippen molar-refractivity contribution in [2.45, 2.75) is 69.0 Å². The first-order chi connectivity index (χ1) is 66.8. The van der Waals surface area contributed by atoms with Crippen molar-refractivity contribution < 1.29 is 57.3 Å². The van der Waals surface area contributed by atoms with E-state index < -0.39 is 20.6 Å². The van der Waals surface area contributed by atoms with E-state index in [0.29, 0.717) is 50.1 Å². The molecule has 0 aliphatic carbocycles. The summed E-state index contributed by atoms with van der Waals surface area (Å²) in [7, 11) is 9.72. The minimum atomic E-state index is -2.25. The second-order valence-electron chi connectivity index (χ2n) is 33.9. The van der Waals surface area contributed by atoms with E-state index in [1.807, 2.05) is 211 Å². The van der Waals surface area contributed by atoms with Crippen LogP contribution < -0.4 is 22.8 Å². The Bertz CT molecular complexity index is 9150. The predicted octanol–water partition coefficient (Wildman–Crippen LogP) is 26.2. The number of hydrogen-bond acceptors (Lipinski definition) is 10. The lowest BCUT2D eigenvalue weighted by atomic mass is 9.96. The zero-order valence-corrected chi connectivity index (χ0v) is 73.9. The van der Waals surface area contributed by atoms with E-state index in [-0.39, 0.29) is 5.56 Å². The highest BCUT2D eigenvalue weighted by molar-refractivity contribution is 6.19. The summed E-state index contributed by atoms with van der Waals surface area (Å²) >= 11 is 0. The Balaban J connectivity index is 0.000000103. The molecule has 10 heterocycles. The van der Waals surface area contributed by atoms with Crippen LogP contribution in [-0.4, -0.2) is 24.9 Å². The fourth-order valence-corrected chi connectivity index (χ4v) is 18.6. The van der Waals surface area contributed by atoms with Crippen LogP contribution in [-0.2, 0) is 35.2 Å². The number of nitrogens with zero attached hydrogens (tertiary/aromatic N) is 10. The Morgan fingerprint density at radius 3 is 1.10 bits per heavy atom. The molecular formula is C115H95N10O5+5. The third-order valence-electron chi connectivity index (χ3n) is 25.3. The molecule has 10 aromatic heterocycles. The van der Waals surface area contributed by atoms with E-state index >= 15 is 0 Å². The smallest absolute Gasteiger partial charge is 0.334 e. The van der Waals surface area contributed by atoms with Crippen molar-refractivity contribution in [2.75, 3.05) is 0 Å². The van der Waals surface area contributed by atoms with Crippen LogP contribution in [0.1, 0.15) is 68.1 Å². The first kappa shape index (κ1) is 71.2. The van der Waals surface area contributed by atoms with E-state index in [1.54, 1.807) is 41.5 Å². The van der Waals surface area contributed by atoms with Crippen LogP contribution in [0.3, 0.4) is 0 Å². The number of hydrogen-bond donors (Lipinski definition) is 0. The molecule has 130 heavy (non-hydrogen) atoms. The van der Waals surface area contributed by atoms with E-state index in [9.17, 15) is 0 Å². The molecule has 630 valence electrons. The van der Waals surface area contributed by atoms with Crippen LogP contribution in [0.5, 0.6) is 0 Å². The maximum Gasteiger partial charge on any atom is 0.334 e. The predicted molar refractivity (Wildman–Crippen MR) is 526 cm³/mol. The van der Waals surface area contributed by atoms with E-state index in [1.165, 1.54) is 38.9 Å². The number of rotatable bonds is 5. The van der Waals surface area contributed by atoms with Crippen molar-refractivity contribution in [3.8, 4) is 56.8 Å². The summed E-state index contributed by atoms with van der Waals surface area (Å²) < 4.78 is 113. The largest absolute Gasteiger partial charge is 0.455 e. The zero-order chi connectivity index (χ0) is 96.7. The molecule has 0 radical (unpaired) electrons. The van der Waals surface area contributed by atoms with E-state index in [0.717, 1.165) is 188 Å². The molecule has 15 aromatic carbocycles. The van der Waals surface area contributed by atoms with Gasteiger partial charge in [0.2, 0.25) is 5.69 Å². The van der Waals surface area contributed by atoms with Crippen LogP contribution in [0.15, 0.2) is 327 Å². The highest BCUT2D eigenvalue weighted by atomic mass is 16.3. The number of benzene rings is 15. The van der Waals surface area contributed by atoms with Gasteiger partial charge in [-0.1, -0.05) is 158 Å². The van der Waals surface area contributed by atoms with Crippen LogP contribution in [0.25, 0.3) is 220 Å². The summed E-state index contributed by atoms with van der Waals surface area (Å²) in [6.07, 6.45) is 18.0. The molecule has 0 spiro atoms. The molecule has 15 heteroatoms. The van der Waals surface area contributed by atoms with Gasteiger partial charge in [-0.15, -0.1) is 0 Å². The van der Waals surface area contributed by atoms with Gasteiger partial charge in [0.1, 0.15) is 81.4 Å². The minimum absolute atomic E-state index is 0.212. The third-order valence-corrected chi connectivity index (χ3v) is 25.3. The highest BCUT2D eigenvalue weighted by Gasteiger charge is 2.30. The summed E-state index contributed by atoms with van der Waals surface area (Å²) in [6.45, 7) is 7.57. The lowest BCUT2D eigenvalue weighted by Crippen LogP contribution is -2.32. The minimum Gasteiger partial charge on any atom is -0.455 e. The molecule has 0 N–H and O–H groups in total. The summed E-state index contributed by atoms with van der Waals surface area (Å²) in [4.78, 5) is 22.7. The van der Waals surface area contributed by atoms with Crippen molar-refractivity contribution in [1.82, 2.24) is 24.9 Å². The molecule has 0 fully saturated rings.